The van der Waals surface area contributed by atoms with E-state index in [9.17, 15) is 4.79 Å². The maximum atomic E-state index is 11.6. The highest BCUT2D eigenvalue weighted by atomic mass is 32.2. The van der Waals surface area contributed by atoms with E-state index in [1.54, 1.807) is 0 Å². The number of rotatable bonds is 4. The van der Waals surface area contributed by atoms with E-state index in [2.05, 4.69) is 31.8 Å². The smallest absolute Gasteiger partial charge is 0.186 e. The van der Waals surface area contributed by atoms with Crippen molar-refractivity contribution in [1.82, 2.24) is 0 Å². The van der Waals surface area contributed by atoms with Gasteiger partial charge >= 0.3 is 0 Å². The number of carbonyl (C=O) groups is 1. The van der Waals surface area contributed by atoms with Crippen molar-refractivity contribution in [3.63, 3.8) is 0 Å². The van der Waals surface area contributed by atoms with Crippen molar-refractivity contribution in [2.24, 2.45) is 0 Å². The predicted octanol–water partition coefficient (Wildman–Crippen LogP) is 3.78. The zero-order chi connectivity index (χ0) is 11.3. The molecule has 0 atom stereocenters. The van der Waals surface area contributed by atoms with Crippen molar-refractivity contribution in [3.8, 4) is 0 Å². The highest BCUT2D eigenvalue weighted by Gasteiger charge is 2.18. The van der Waals surface area contributed by atoms with E-state index in [4.69, 9.17) is 0 Å². The summed E-state index contributed by atoms with van der Waals surface area (Å²) < 4.78 is 0. The summed E-state index contributed by atoms with van der Waals surface area (Å²) >= 11 is 1.45. The SMILES string of the molecule is C[Si](C)(C)CC(=O)SCc1ccccc1. The van der Waals surface area contributed by atoms with Crippen molar-refractivity contribution in [2.45, 2.75) is 31.4 Å². The summed E-state index contributed by atoms with van der Waals surface area (Å²) in [5.41, 5.74) is 1.23. The lowest BCUT2D eigenvalue weighted by Gasteiger charge is -2.13. The second-order valence-electron chi connectivity index (χ2n) is 4.88. The molecule has 15 heavy (non-hydrogen) atoms. The molecule has 1 rings (SSSR count). The zero-order valence-corrected chi connectivity index (χ0v) is 11.4. The van der Waals surface area contributed by atoms with Crippen LogP contribution in [0.15, 0.2) is 30.3 Å². The molecule has 82 valence electrons. The molecule has 1 nitrogen and oxygen atoms in total. The van der Waals surface area contributed by atoms with Crippen LogP contribution in [0.4, 0.5) is 0 Å². The second kappa shape index (κ2) is 5.52. The molecule has 1 aromatic rings. The van der Waals surface area contributed by atoms with Gasteiger partial charge in [0, 0.05) is 11.8 Å². The van der Waals surface area contributed by atoms with Crippen LogP contribution in [0.2, 0.25) is 25.7 Å². The van der Waals surface area contributed by atoms with E-state index in [1.807, 2.05) is 18.2 Å². The molecule has 0 spiro atoms. The van der Waals surface area contributed by atoms with Gasteiger partial charge in [-0.25, -0.2) is 0 Å². The van der Waals surface area contributed by atoms with E-state index < -0.39 is 8.07 Å². The van der Waals surface area contributed by atoms with Gasteiger partial charge in [0.25, 0.3) is 0 Å². The molecule has 0 aliphatic carbocycles. The van der Waals surface area contributed by atoms with E-state index in [0.717, 1.165) is 11.8 Å². The number of carbonyl (C=O) groups excluding carboxylic acids is 1. The Labute approximate surface area is 97.3 Å². The van der Waals surface area contributed by atoms with Crippen molar-refractivity contribution < 1.29 is 4.79 Å². The lowest BCUT2D eigenvalue weighted by atomic mass is 10.2. The number of hydrogen-bond donors (Lipinski definition) is 0. The molecule has 0 amide bonds. The van der Waals surface area contributed by atoms with Gasteiger partial charge in [0.2, 0.25) is 0 Å². The largest absolute Gasteiger partial charge is 0.288 e. The predicted molar refractivity (Wildman–Crippen MR) is 70.9 cm³/mol. The first kappa shape index (κ1) is 12.5. The fraction of sp³-hybridized carbons (Fsp3) is 0.417. The second-order valence-corrected chi connectivity index (χ2v) is 11.4. The first-order valence-corrected chi connectivity index (χ1v) is 9.86. The minimum absolute atomic E-state index is 0.345. The number of hydrogen-bond acceptors (Lipinski definition) is 2. The fourth-order valence-corrected chi connectivity index (χ4v) is 4.32. The van der Waals surface area contributed by atoms with Crippen LogP contribution in [0.3, 0.4) is 0 Å². The van der Waals surface area contributed by atoms with Crippen molar-refractivity contribution in [3.05, 3.63) is 35.9 Å². The summed E-state index contributed by atoms with van der Waals surface area (Å²) in [6.07, 6.45) is 0. The van der Waals surface area contributed by atoms with Gasteiger partial charge < -0.3 is 0 Å². The summed E-state index contributed by atoms with van der Waals surface area (Å²) in [4.78, 5) is 11.6. The van der Waals surface area contributed by atoms with Gasteiger partial charge in [-0.15, -0.1) is 0 Å². The molecule has 0 N–H and O–H groups in total. The summed E-state index contributed by atoms with van der Waals surface area (Å²) in [6, 6.07) is 10.9. The van der Waals surface area contributed by atoms with Crippen LogP contribution in [-0.4, -0.2) is 13.2 Å². The van der Waals surface area contributed by atoms with E-state index in [0.29, 0.717) is 5.12 Å². The van der Waals surface area contributed by atoms with Gasteiger partial charge in [-0.1, -0.05) is 61.7 Å². The molecule has 0 bridgehead atoms. The van der Waals surface area contributed by atoms with Crippen LogP contribution < -0.4 is 0 Å². The first-order chi connectivity index (χ1) is 6.97. The van der Waals surface area contributed by atoms with Crippen LogP contribution in [0.25, 0.3) is 0 Å². The van der Waals surface area contributed by atoms with Gasteiger partial charge in [0.05, 0.1) is 8.07 Å². The van der Waals surface area contributed by atoms with Gasteiger partial charge in [0.1, 0.15) is 0 Å². The third-order valence-electron chi connectivity index (χ3n) is 1.92. The van der Waals surface area contributed by atoms with E-state index >= 15 is 0 Å². The average Bonchev–Trinajstić information content (AvgIpc) is 2.14. The Morgan fingerprint density at radius 3 is 2.33 bits per heavy atom. The highest BCUT2D eigenvalue weighted by Crippen LogP contribution is 2.19. The fourth-order valence-electron chi connectivity index (χ4n) is 1.22. The monoisotopic (exact) mass is 238 g/mol. The molecule has 0 unspecified atom stereocenters. The molecular formula is C12H18OSSi. The third kappa shape index (κ3) is 5.80. The van der Waals surface area contributed by atoms with Crippen molar-refractivity contribution in [2.75, 3.05) is 0 Å². The number of thioether (sulfide) groups is 1. The Balaban J connectivity index is 2.35. The molecule has 0 aliphatic rings. The minimum Gasteiger partial charge on any atom is -0.288 e. The molecule has 0 fully saturated rings. The van der Waals surface area contributed by atoms with Gasteiger partial charge in [0.15, 0.2) is 5.12 Å². The third-order valence-corrected chi connectivity index (χ3v) is 4.50. The van der Waals surface area contributed by atoms with Crippen molar-refractivity contribution >= 4 is 25.0 Å². The normalized spacial score (nSPS) is 11.4. The van der Waals surface area contributed by atoms with Crippen LogP contribution >= 0.6 is 11.8 Å². The molecule has 0 aliphatic heterocycles. The standard InChI is InChI=1S/C12H18OSSi/c1-15(2,3)10-12(13)14-9-11-7-5-4-6-8-11/h4-8H,9-10H2,1-3H3. The molecule has 0 saturated carbocycles. The Bertz CT molecular complexity index is 316. The van der Waals surface area contributed by atoms with Crippen LogP contribution in [0.1, 0.15) is 5.56 Å². The molecule has 0 aromatic heterocycles. The highest BCUT2D eigenvalue weighted by molar-refractivity contribution is 8.13. The molecule has 3 heteroatoms. The molecule has 0 heterocycles. The maximum Gasteiger partial charge on any atom is 0.186 e. The molecule has 0 radical (unpaired) electrons. The summed E-state index contributed by atoms with van der Waals surface area (Å²) in [6.45, 7) is 6.69. The lowest BCUT2D eigenvalue weighted by Crippen LogP contribution is -2.22. The summed E-state index contributed by atoms with van der Waals surface area (Å²) in [7, 11) is -1.23. The van der Waals surface area contributed by atoms with Gasteiger partial charge in [-0.2, -0.15) is 0 Å². The zero-order valence-electron chi connectivity index (χ0n) is 9.62. The summed E-state index contributed by atoms with van der Waals surface area (Å²) in [5, 5.41) is 0.345. The average molecular weight is 238 g/mol. The quantitative estimate of drug-likeness (QED) is 0.743. The van der Waals surface area contributed by atoms with Crippen LogP contribution in [0, 0.1) is 0 Å². The van der Waals surface area contributed by atoms with E-state index in [1.165, 1.54) is 17.3 Å². The first-order valence-electron chi connectivity index (χ1n) is 5.17. The molecule has 1 aromatic carbocycles. The lowest BCUT2D eigenvalue weighted by molar-refractivity contribution is -0.109. The van der Waals surface area contributed by atoms with Crippen LogP contribution in [0.5, 0.6) is 0 Å². The van der Waals surface area contributed by atoms with E-state index in [-0.39, 0.29) is 0 Å². The number of benzene rings is 1. The Kier molecular flexibility index (Phi) is 4.61. The molecular weight excluding hydrogens is 220 g/mol. The maximum absolute atomic E-state index is 11.6. The Morgan fingerprint density at radius 2 is 1.80 bits per heavy atom. The van der Waals surface area contributed by atoms with Crippen molar-refractivity contribution in [1.29, 1.82) is 0 Å². The minimum atomic E-state index is -1.23. The van der Waals surface area contributed by atoms with Gasteiger partial charge in [-0.05, 0) is 5.56 Å². The summed E-state index contributed by atoms with van der Waals surface area (Å²) in [5.74, 6) is 0.810. The van der Waals surface area contributed by atoms with Crippen LogP contribution in [-0.2, 0) is 10.5 Å². The van der Waals surface area contributed by atoms with Gasteiger partial charge in [-0.3, -0.25) is 4.79 Å². The molecule has 0 saturated heterocycles. The Morgan fingerprint density at radius 1 is 1.20 bits per heavy atom. The topological polar surface area (TPSA) is 17.1 Å². The Hall–Kier alpha value is -0.543.